The summed E-state index contributed by atoms with van der Waals surface area (Å²) in [4.78, 5) is 5.85. The third-order valence-electron chi connectivity index (χ3n) is 2.29. The first kappa shape index (κ1) is 12.4. The maximum absolute atomic E-state index is 5.28. The second-order valence-electron chi connectivity index (χ2n) is 3.25. The van der Waals surface area contributed by atoms with Crippen molar-refractivity contribution in [3.63, 3.8) is 0 Å². The Bertz CT molecular complexity index is 329. The Morgan fingerprint density at radius 1 is 1.40 bits per heavy atom. The first-order valence-electron chi connectivity index (χ1n) is 4.76. The van der Waals surface area contributed by atoms with Gasteiger partial charge in [-0.05, 0) is 42.9 Å². The molecule has 1 aromatic carbocycles. The predicted octanol–water partition coefficient (Wildman–Crippen LogP) is 2.16. The number of nitrogens with two attached hydrogens (primary N) is 1. The topological polar surface area (TPSA) is 44.5 Å². The van der Waals surface area contributed by atoms with Gasteiger partial charge < -0.3 is 9.57 Å². The average Bonchev–Trinajstić information content (AvgIpc) is 2.26. The van der Waals surface area contributed by atoms with E-state index in [1.54, 1.807) is 18.9 Å². The fourth-order valence-electron chi connectivity index (χ4n) is 1.48. The van der Waals surface area contributed by atoms with E-state index in [4.69, 9.17) is 10.6 Å². The van der Waals surface area contributed by atoms with E-state index in [9.17, 15) is 0 Å². The van der Waals surface area contributed by atoms with Crippen LogP contribution in [0.1, 0.15) is 11.1 Å². The van der Waals surface area contributed by atoms with Crippen molar-refractivity contribution in [2.75, 3.05) is 20.0 Å². The summed E-state index contributed by atoms with van der Waals surface area (Å²) in [6.07, 6.45) is 2.87. The van der Waals surface area contributed by atoms with E-state index in [1.807, 2.05) is 6.92 Å². The van der Waals surface area contributed by atoms with Crippen LogP contribution in [0.2, 0.25) is 0 Å². The molecule has 0 atom stereocenters. The van der Waals surface area contributed by atoms with E-state index in [1.165, 1.54) is 10.5 Å². The largest absolute Gasteiger partial charge is 0.496 e. The molecule has 0 amide bonds. The number of hydrogen-bond donors (Lipinski definition) is 1. The highest BCUT2D eigenvalue weighted by atomic mass is 32.2. The van der Waals surface area contributed by atoms with E-state index in [2.05, 4.69) is 23.2 Å². The zero-order valence-electron chi connectivity index (χ0n) is 9.37. The first-order valence-corrected chi connectivity index (χ1v) is 5.98. The Kier molecular flexibility index (Phi) is 4.94. The molecule has 0 aliphatic heterocycles. The lowest BCUT2D eigenvalue weighted by Crippen LogP contribution is -2.05. The van der Waals surface area contributed by atoms with Crippen molar-refractivity contribution < 1.29 is 9.57 Å². The zero-order valence-corrected chi connectivity index (χ0v) is 10.2. The molecule has 0 spiro atoms. The van der Waals surface area contributed by atoms with Crippen molar-refractivity contribution in [3.05, 3.63) is 23.3 Å². The summed E-state index contributed by atoms with van der Waals surface area (Å²) in [5.41, 5.74) is 2.37. The van der Waals surface area contributed by atoms with Crippen LogP contribution in [-0.2, 0) is 11.3 Å². The maximum atomic E-state index is 5.28. The Hall–Kier alpha value is -0.710. The smallest absolute Gasteiger partial charge is 0.122 e. The van der Waals surface area contributed by atoms with Gasteiger partial charge >= 0.3 is 0 Å². The first-order chi connectivity index (χ1) is 7.22. The summed E-state index contributed by atoms with van der Waals surface area (Å²) in [6.45, 7) is 2.57. The van der Waals surface area contributed by atoms with Crippen LogP contribution in [0.4, 0.5) is 0 Å². The van der Waals surface area contributed by atoms with Gasteiger partial charge in [-0.25, -0.2) is 5.90 Å². The molecule has 1 aromatic rings. The zero-order chi connectivity index (χ0) is 11.3. The monoisotopic (exact) mass is 227 g/mol. The number of benzene rings is 1. The predicted molar refractivity (Wildman–Crippen MR) is 63.4 cm³/mol. The summed E-state index contributed by atoms with van der Waals surface area (Å²) in [5.74, 6) is 5.95. The molecular formula is C11H17NO2S. The second-order valence-corrected chi connectivity index (χ2v) is 4.10. The molecule has 0 fully saturated rings. The molecule has 3 nitrogen and oxygen atoms in total. The number of methoxy groups -OCH3 is 1. The lowest BCUT2D eigenvalue weighted by Gasteiger charge is -2.11. The van der Waals surface area contributed by atoms with Gasteiger partial charge in [-0.2, -0.15) is 0 Å². The Balaban J connectivity index is 2.99. The number of thioether (sulfide) groups is 1. The molecule has 15 heavy (non-hydrogen) atoms. The van der Waals surface area contributed by atoms with Gasteiger partial charge in [0.05, 0.1) is 13.7 Å². The Labute approximate surface area is 94.9 Å². The maximum Gasteiger partial charge on any atom is 0.122 e. The second kappa shape index (κ2) is 6.00. The lowest BCUT2D eigenvalue weighted by atomic mass is 10.1. The fourth-order valence-corrected chi connectivity index (χ4v) is 2.20. The van der Waals surface area contributed by atoms with Crippen LogP contribution in [-0.4, -0.2) is 20.0 Å². The molecule has 84 valence electrons. The molecular weight excluding hydrogens is 210 g/mol. The van der Waals surface area contributed by atoms with Crippen LogP contribution in [0.15, 0.2) is 17.0 Å². The fraction of sp³-hybridized carbons (Fsp3) is 0.455. The van der Waals surface area contributed by atoms with Crippen molar-refractivity contribution in [2.24, 2.45) is 5.90 Å². The highest BCUT2D eigenvalue weighted by Crippen LogP contribution is 2.28. The minimum atomic E-state index is 0.528. The Morgan fingerprint density at radius 2 is 2.13 bits per heavy atom. The van der Waals surface area contributed by atoms with Gasteiger partial charge in [0.1, 0.15) is 5.75 Å². The van der Waals surface area contributed by atoms with Gasteiger partial charge in [0.15, 0.2) is 0 Å². The van der Waals surface area contributed by atoms with Crippen LogP contribution in [0.25, 0.3) is 0 Å². The molecule has 0 heterocycles. The van der Waals surface area contributed by atoms with Crippen LogP contribution in [0.5, 0.6) is 5.75 Å². The van der Waals surface area contributed by atoms with Crippen molar-refractivity contribution in [2.45, 2.75) is 18.2 Å². The summed E-state index contributed by atoms with van der Waals surface area (Å²) in [5, 5.41) is 0. The summed E-state index contributed by atoms with van der Waals surface area (Å²) >= 11 is 1.73. The molecule has 0 radical (unpaired) electrons. The third-order valence-corrected chi connectivity index (χ3v) is 3.11. The minimum Gasteiger partial charge on any atom is -0.496 e. The van der Waals surface area contributed by atoms with E-state index < -0.39 is 0 Å². The third kappa shape index (κ3) is 3.12. The number of rotatable bonds is 5. The van der Waals surface area contributed by atoms with E-state index in [0.717, 1.165) is 17.7 Å². The highest BCUT2D eigenvalue weighted by Gasteiger charge is 2.07. The number of hydrogen-bond acceptors (Lipinski definition) is 4. The van der Waals surface area contributed by atoms with Gasteiger partial charge in [-0.3, -0.25) is 0 Å². The minimum absolute atomic E-state index is 0.528. The van der Waals surface area contributed by atoms with Crippen molar-refractivity contribution in [1.82, 2.24) is 0 Å². The molecule has 1 rings (SSSR count). The van der Waals surface area contributed by atoms with Crippen LogP contribution in [0, 0.1) is 6.92 Å². The highest BCUT2D eigenvalue weighted by molar-refractivity contribution is 7.98. The molecule has 0 bridgehead atoms. The molecule has 4 heteroatoms. The van der Waals surface area contributed by atoms with Crippen LogP contribution >= 0.6 is 11.8 Å². The van der Waals surface area contributed by atoms with Crippen LogP contribution < -0.4 is 10.6 Å². The number of aryl methyl sites for hydroxylation is 1. The van der Waals surface area contributed by atoms with Gasteiger partial charge in [0, 0.05) is 4.90 Å². The lowest BCUT2D eigenvalue weighted by molar-refractivity contribution is 0.141. The van der Waals surface area contributed by atoms with E-state index in [-0.39, 0.29) is 0 Å². The van der Waals surface area contributed by atoms with E-state index >= 15 is 0 Å². The molecule has 0 aliphatic rings. The molecule has 2 N–H and O–H groups in total. The summed E-state index contributed by atoms with van der Waals surface area (Å²) in [6, 6.07) is 4.19. The molecule has 0 aliphatic carbocycles. The normalized spacial score (nSPS) is 10.4. The molecule has 0 saturated heterocycles. The van der Waals surface area contributed by atoms with Crippen LogP contribution in [0.3, 0.4) is 0 Å². The Morgan fingerprint density at radius 3 is 2.67 bits per heavy atom. The van der Waals surface area contributed by atoms with Crippen molar-refractivity contribution >= 4 is 11.8 Å². The van der Waals surface area contributed by atoms with Gasteiger partial charge in [-0.1, -0.05) is 0 Å². The molecule has 0 aromatic heterocycles. The van der Waals surface area contributed by atoms with E-state index in [0.29, 0.717) is 6.61 Å². The molecule has 0 unspecified atom stereocenters. The molecule has 0 saturated carbocycles. The number of ether oxygens (including phenoxy) is 1. The quantitative estimate of drug-likeness (QED) is 0.618. The SMILES string of the molecule is COc1cc(CCON)c(SC)cc1C. The van der Waals surface area contributed by atoms with Crippen molar-refractivity contribution in [3.8, 4) is 5.75 Å². The van der Waals surface area contributed by atoms with Crippen molar-refractivity contribution in [1.29, 1.82) is 0 Å². The van der Waals surface area contributed by atoms with Gasteiger partial charge in [0.25, 0.3) is 0 Å². The standard InChI is InChI=1S/C11H17NO2S/c1-8-6-11(15-3)9(4-5-14-12)7-10(8)13-2/h6-7H,4-5,12H2,1-3H3. The van der Waals surface area contributed by atoms with Gasteiger partial charge in [-0.15, -0.1) is 11.8 Å². The summed E-state index contributed by atoms with van der Waals surface area (Å²) in [7, 11) is 1.68. The summed E-state index contributed by atoms with van der Waals surface area (Å²) < 4.78 is 5.28. The average molecular weight is 227 g/mol. The van der Waals surface area contributed by atoms with Gasteiger partial charge in [0.2, 0.25) is 0 Å².